The first kappa shape index (κ1) is 17.7. The minimum absolute atomic E-state index is 0.209. The number of anilines is 1. The highest BCUT2D eigenvalue weighted by Gasteiger charge is 2.38. The van der Waals surface area contributed by atoms with Crippen LogP contribution >= 0.6 is 0 Å². The molecule has 26 heavy (non-hydrogen) atoms. The number of nitrogens with zero attached hydrogens (tertiary/aromatic N) is 3. The van der Waals surface area contributed by atoms with E-state index >= 15 is 0 Å². The molecule has 2 amide bonds. The van der Waals surface area contributed by atoms with E-state index in [4.69, 9.17) is 4.74 Å². The van der Waals surface area contributed by atoms with E-state index in [1.54, 1.807) is 15.7 Å². The molecule has 0 unspecified atom stereocenters. The zero-order valence-corrected chi connectivity index (χ0v) is 14.4. The summed E-state index contributed by atoms with van der Waals surface area (Å²) in [6.45, 7) is 0.496. The van der Waals surface area contributed by atoms with Crippen molar-refractivity contribution in [1.29, 1.82) is 0 Å². The molecular weight excluding hydrogens is 336 g/mol. The Bertz CT molecular complexity index is 789. The highest BCUT2D eigenvalue weighted by Crippen LogP contribution is 2.27. The normalized spacial score (nSPS) is 17.6. The van der Waals surface area contributed by atoms with E-state index in [2.05, 4.69) is 10.3 Å². The third-order valence-corrected chi connectivity index (χ3v) is 4.46. The van der Waals surface area contributed by atoms with Crippen molar-refractivity contribution in [1.82, 2.24) is 14.5 Å². The Balaban J connectivity index is 1.96. The standard InChI is InChI=1S/C18H20N4O4/c1-26-18(25)14-8-5-9-22(14)17(24)16(13-6-3-2-4-7-13)21-10-15(19-11-21)20-12-23/h2-4,6-7,10-12,14,16H,5,8-9H2,1H3,(H,20,23)/t14-,16-/m0/s1. The number of hydrogen-bond donors (Lipinski definition) is 1. The van der Waals surface area contributed by atoms with Gasteiger partial charge in [0.15, 0.2) is 5.82 Å². The predicted octanol–water partition coefficient (Wildman–Crippen LogP) is 1.20. The molecule has 8 nitrogen and oxygen atoms in total. The van der Waals surface area contributed by atoms with Crippen molar-refractivity contribution >= 4 is 24.1 Å². The SMILES string of the molecule is COC(=O)[C@@H]1CCCN1C(=O)[C@H](c1ccccc1)n1cnc(NC=O)c1. The quantitative estimate of drug-likeness (QED) is 0.620. The van der Waals surface area contributed by atoms with Crippen molar-refractivity contribution in [2.24, 2.45) is 0 Å². The van der Waals surface area contributed by atoms with Crippen LogP contribution in [0.15, 0.2) is 42.9 Å². The lowest BCUT2D eigenvalue weighted by molar-refractivity contribution is -0.151. The number of carbonyl (C=O) groups excluding carboxylic acids is 3. The Kier molecular flexibility index (Phi) is 5.31. The average molecular weight is 356 g/mol. The third-order valence-electron chi connectivity index (χ3n) is 4.46. The molecule has 136 valence electrons. The van der Waals surface area contributed by atoms with Gasteiger partial charge in [-0.05, 0) is 18.4 Å². The fourth-order valence-electron chi connectivity index (χ4n) is 3.26. The number of esters is 1. The average Bonchev–Trinajstić information content (AvgIpc) is 3.32. The summed E-state index contributed by atoms with van der Waals surface area (Å²) in [5.41, 5.74) is 0.767. The summed E-state index contributed by atoms with van der Waals surface area (Å²) in [6.07, 6.45) is 4.94. The van der Waals surface area contributed by atoms with Gasteiger partial charge in [-0.25, -0.2) is 9.78 Å². The van der Waals surface area contributed by atoms with Crippen LogP contribution < -0.4 is 5.32 Å². The van der Waals surface area contributed by atoms with E-state index in [9.17, 15) is 14.4 Å². The summed E-state index contributed by atoms with van der Waals surface area (Å²) >= 11 is 0. The van der Waals surface area contributed by atoms with Crippen molar-refractivity contribution in [3.63, 3.8) is 0 Å². The van der Waals surface area contributed by atoms with Crippen LogP contribution in [0.4, 0.5) is 5.82 Å². The van der Waals surface area contributed by atoms with Crippen LogP contribution in [-0.4, -0.2) is 52.4 Å². The number of aromatic nitrogens is 2. The topological polar surface area (TPSA) is 93.5 Å². The maximum Gasteiger partial charge on any atom is 0.328 e. The van der Waals surface area contributed by atoms with E-state index in [0.717, 1.165) is 12.0 Å². The van der Waals surface area contributed by atoms with Crippen LogP contribution in [0.1, 0.15) is 24.4 Å². The number of ether oxygens (including phenoxy) is 1. The Morgan fingerprint density at radius 1 is 1.35 bits per heavy atom. The van der Waals surface area contributed by atoms with Gasteiger partial charge in [-0.15, -0.1) is 0 Å². The lowest BCUT2D eigenvalue weighted by Crippen LogP contribution is -2.44. The largest absolute Gasteiger partial charge is 0.467 e. The van der Waals surface area contributed by atoms with Crippen molar-refractivity contribution in [2.75, 3.05) is 19.0 Å². The number of amides is 2. The van der Waals surface area contributed by atoms with E-state index < -0.39 is 18.1 Å². The summed E-state index contributed by atoms with van der Waals surface area (Å²) in [4.78, 5) is 41.6. The minimum Gasteiger partial charge on any atom is -0.467 e. The molecule has 2 atom stereocenters. The van der Waals surface area contributed by atoms with Gasteiger partial charge < -0.3 is 19.5 Å². The molecule has 0 bridgehead atoms. The molecule has 1 aromatic heterocycles. The van der Waals surface area contributed by atoms with Crippen molar-refractivity contribution in [3.05, 3.63) is 48.4 Å². The Morgan fingerprint density at radius 3 is 2.81 bits per heavy atom. The van der Waals surface area contributed by atoms with Crippen LogP contribution in [0.3, 0.4) is 0 Å². The number of hydrogen-bond acceptors (Lipinski definition) is 5. The molecule has 0 spiro atoms. The fraction of sp³-hybridized carbons (Fsp3) is 0.333. The number of benzene rings is 1. The number of nitrogens with one attached hydrogen (secondary N) is 1. The zero-order chi connectivity index (χ0) is 18.5. The second-order valence-corrected chi connectivity index (χ2v) is 5.99. The number of methoxy groups -OCH3 is 1. The van der Waals surface area contributed by atoms with Crippen LogP contribution in [0, 0.1) is 0 Å². The van der Waals surface area contributed by atoms with Gasteiger partial charge in [-0.3, -0.25) is 9.59 Å². The van der Waals surface area contributed by atoms with E-state index in [0.29, 0.717) is 25.2 Å². The molecule has 0 saturated carbocycles. The molecular formula is C18H20N4O4. The van der Waals surface area contributed by atoms with Gasteiger partial charge in [0.05, 0.1) is 13.4 Å². The maximum atomic E-state index is 13.3. The second kappa shape index (κ2) is 7.81. The molecule has 1 aliphatic rings. The van der Waals surface area contributed by atoms with Crippen LogP contribution in [0.25, 0.3) is 0 Å². The zero-order valence-electron chi connectivity index (χ0n) is 14.4. The van der Waals surface area contributed by atoms with Gasteiger partial charge in [-0.1, -0.05) is 30.3 Å². The number of likely N-dealkylation sites (tertiary alicyclic amines) is 1. The maximum absolute atomic E-state index is 13.3. The predicted molar refractivity (Wildman–Crippen MR) is 93.2 cm³/mol. The van der Waals surface area contributed by atoms with E-state index in [-0.39, 0.29) is 5.91 Å². The lowest BCUT2D eigenvalue weighted by atomic mass is 10.0. The van der Waals surface area contributed by atoms with Crippen LogP contribution in [0.2, 0.25) is 0 Å². The van der Waals surface area contributed by atoms with Gasteiger partial charge in [0.25, 0.3) is 5.91 Å². The minimum atomic E-state index is -0.684. The Hall–Kier alpha value is -3.16. The van der Waals surface area contributed by atoms with Crippen molar-refractivity contribution in [2.45, 2.75) is 24.9 Å². The third kappa shape index (κ3) is 3.44. The summed E-state index contributed by atoms with van der Waals surface area (Å²) < 4.78 is 6.48. The van der Waals surface area contributed by atoms with E-state index in [1.807, 2.05) is 30.3 Å². The highest BCUT2D eigenvalue weighted by molar-refractivity contribution is 5.89. The molecule has 1 aromatic carbocycles. The summed E-state index contributed by atoms with van der Waals surface area (Å²) in [5, 5.41) is 2.47. The molecule has 1 aliphatic heterocycles. The van der Waals surface area contributed by atoms with E-state index in [1.165, 1.54) is 13.4 Å². The summed E-state index contributed by atoms with van der Waals surface area (Å²) in [6, 6.07) is 7.99. The second-order valence-electron chi connectivity index (χ2n) is 5.99. The van der Waals surface area contributed by atoms with Crippen molar-refractivity contribution < 1.29 is 19.1 Å². The lowest BCUT2D eigenvalue weighted by Gasteiger charge is -2.28. The molecule has 1 N–H and O–H groups in total. The molecule has 1 saturated heterocycles. The summed E-state index contributed by atoms with van der Waals surface area (Å²) in [7, 11) is 1.32. The smallest absolute Gasteiger partial charge is 0.328 e. The van der Waals surface area contributed by atoms with Gasteiger partial charge in [0.1, 0.15) is 12.1 Å². The molecule has 1 fully saturated rings. The molecule has 0 radical (unpaired) electrons. The molecule has 8 heteroatoms. The number of rotatable bonds is 6. The molecule has 0 aliphatic carbocycles. The van der Waals surface area contributed by atoms with Crippen LogP contribution in [0.5, 0.6) is 0 Å². The number of imidazole rings is 1. The first-order chi connectivity index (χ1) is 12.7. The first-order valence-corrected chi connectivity index (χ1v) is 8.32. The molecule has 2 aromatic rings. The fourth-order valence-corrected chi connectivity index (χ4v) is 3.26. The first-order valence-electron chi connectivity index (χ1n) is 8.32. The van der Waals surface area contributed by atoms with Gasteiger partial charge in [0.2, 0.25) is 6.41 Å². The van der Waals surface area contributed by atoms with Gasteiger partial charge >= 0.3 is 5.97 Å². The monoisotopic (exact) mass is 356 g/mol. The number of carbonyl (C=O) groups is 3. The van der Waals surface area contributed by atoms with Crippen LogP contribution in [-0.2, 0) is 19.1 Å². The Morgan fingerprint density at radius 2 is 2.12 bits per heavy atom. The Labute approximate surface area is 150 Å². The van der Waals surface area contributed by atoms with Crippen molar-refractivity contribution in [3.8, 4) is 0 Å². The van der Waals surface area contributed by atoms with Gasteiger partial charge in [-0.2, -0.15) is 0 Å². The molecule has 2 heterocycles. The van der Waals surface area contributed by atoms with Gasteiger partial charge in [0, 0.05) is 12.7 Å². The molecule has 3 rings (SSSR count). The summed E-state index contributed by atoms with van der Waals surface area (Å²) in [5.74, 6) is -0.268. The highest BCUT2D eigenvalue weighted by atomic mass is 16.5.